The molecule has 5 nitrogen and oxygen atoms in total. The zero-order chi connectivity index (χ0) is 17.0. The van der Waals surface area contributed by atoms with Gasteiger partial charge in [0, 0.05) is 18.0 Å². The number of nitrogens with one attached hydrogen (secondary N) is 1. The maximum absolute atomic E-state index is 12.6. The Morgan fingerprint density at radius 3 is 2.78 bits per heavy atom. The minimum Gasteiger partial charge on any atom is -0.348 e. The van der Waals surface area contributed by atoms with E-state index in [0.29, 0.717) is 19.0 Å². The van der Waals surface area contributed by atoms with Crippen LogP contribution in [0.5, 0.6) is 0 Å². The van der Waals surface area contributed by atoms with Crippen LogP contribution < -0.4 is 5.32 Å². The van der Waals surface area contributed by atoms with E-state index in [0.717, 1.165) is 24.1 Å². The number of nitrogens with zero attached hydrogens (tertiary/aromatic N) is 1. The Balaban J connectivity index is 2.03. The third-order valence-corrected chi connectivity index (χ3v) is 6.39. The van der Waals surface area contributed by atoms with Crippen LogP contribution in [0.3, 0.4) is 0 Å². The van der Waals surface area contributed by atoms with E-state index < -0.39 is 10.0 Å². The summed E-state index contributed by atoms with van der Waals surface area (Å²) in [5.74, 6) is 0.187. The lowest BCUT2D eigenvalue weighted by Gasteiger charge is -2.31. The molecule has 2 atom stereocenters. The molecular weight excluding hydrogens is 332 g/mol. The van der Waals surface area contributed by atoms with E-state index >= 15 is 0 Å². The quantitative estimate of drug-likeness (QED) is 0.850. The number of carbonyl (C=O) groups excluding carboxylic acids is 1. The van der Waals surface area contributed by atoms with Crippen LogP contribution in [-0.4, -0.2) is 38.0 Å². The fourth-order valence-electron chi connectivity index (χ4n) is 2.95. The fraction of sp³-hybridized carbons (Fsp3) is 0.688. The highest BCUT2D eigenvalue weighted by molar-refractivity contribution is 7.88. The Kier molecular flexibility index (Phi) is 6.22. The van der Waals surface area contributed by atoms with Crippen molar-refractivity contribution >= 4 is 27.3 Å². The lowest BCUT2D eigenvalue weighted by atomic mass is 9.97. The highest BCUT2D eigenvalue weighted by Crippen LogP contribution is 2.27. The molecule has 1 amide bonds. The van der Waals surface area contributed by atoms with E-state index in [4.69, 9.17) is 0 Å². The first kappa shape index (κ1) is 18.4. The average Bonchev–Trinajstić information content (AvgIpc) is 2.99. The maximum atomic E-state index is 12.6. The zero-order valence-corrected chi connectivity index (χ0v) is 15.6. The van der Waals surface area contributed by atoms with Gasteiger partial charge in [-0.05, 0) is 36.6 Å². The topological polar surface area (TPSA) is 66.5 Å². The van der Waals surface area contributed by atoms with Gasteiger partial charge >= 0.3 is 0 Å². The van der Waals surface area contributed by atoms with Crippen molar-refractivity contribution in [3.8, 4) is 0 Å². The molecule has 2 unspecified atom stereocenters. The summed E-state index contributed by atoms with van der Waals surface area (Å²) < 4.78 is 24.8. The lowest BCUT2D eigenvalue weighted by molar-refractivity contribution is -0.126. The molecule has 1 saturated heterocycles. The first-order chi connectivity index (χ1) is 10.8. The molecule has 0 spiro atoms. The van der Waals surface area contributed by atoms with Gasteiger partial charge in [-0.15, -0.1) is 11.3 Å². The van der Waals surface area contributed by atoms with Crippen molar-refractivity contribution in [2.24, 2.45) is 11.8 Å². The Bertz CT molecular complexity index is 611. The zero-order valence-electron chi connectivity index (χ0n) is 14.0. The van der Waals surface area contributed by atoms with Gasteiger partial charge in [0.1, 0.15) is 0 Å². The van der Waals surface area contributed by atoms with Gasteiger partial charge < -0.3 is 5.32 Å². The molecule has 130 valence electrons. The minimum atomic E-state index is -3.23. The summed E-state index contributed by atoms with van der Waals surface area (Å²) in [6, 6.07) is 4.05. The van der Waals surface area contributed by atoms with E-state index in [1.807, 2.05) is 17.5 Å². The summed E-state index contributed by atoms with van der Waals surface area (Å²) >= 11 is 1.65. The molecule has 7 heteroatoms. The van der Waals surface area contributed by atoms with Gasteiger partial charge in [0.15, 0.2) is 0 Å². The molecule has 1 N–H and O–H groups in total. The summed E-state index contributed by atoms with van der Waals surface area (Å²) in [5, 5.41) is 5.16. The summed E-state index contributed by atoms with van der Waals surface area (Å²) in [7, 11) is -3.23. The van der Waals surface area contributed by atoms with E-state index in [-0.39, 0.29) is 17.9 Å². The average molecular weight is 359 g/mol. The molecule has 0 bridgehead atoms. The number of rotatable bonds is 6. The van der Waals surface area contributed by atoms with Gasteiger partial charge in [0.05, 0.1) is 18.2 Å². The summed E-state index contributed by atoms with van der Waals surface area (Å²) in [4.78, 5) is 13.8. The third-order valence-electron chi connectivity index (χ3n) is 4.13. The largest absolute Gasteiger partial charge is 0.348 e. The van der Waals surface area contributed by atoms with Crippen molar-refractivity contribution in [1.29, 1.82) is 0 Å². The van der Waals surface area contributed by atoms with Gasteiger partial charge in [0.2, 0.25) is 15.9 Å². The molecule has 1 aliphatic heterocycles. The van der Waals surface area contributed by atoms with Crippen LogP contribution in [0.25, 0.3) is 0 Å². The highest BCUT2D eigenvalue weighted by atomic mass is 32.2. The van der Waals surface area contributed by atoms with Crippen molar-refractivity contribution in [1.82, 2.24) is 9.62 Å². The van der Waals surface area contributed by atoms with E-state index in [1.165, 1.54) is 10.6 Å². The molecule has 1 aromatic rings. The van der Waals surface area contributed by atoms with Crippen molar-refractivity contribution in [2.75, 3.05) is 19.3 Å². The first-order valence-corrected chi connectivity index (χ1v) is 10.8. The summed E-state index contributed by atoms with van der Waals surface area (Å²) in [6.45, 7) is 5.09. The Morgan fingerprint density at radius 1 is 1.48 bits per heavy atom. The van der Waals surface area contributed by atoms with Crippen LogP contribution >= 0.6 is 11.3 Å². The number of sulfonamides is 1. The summed E-state index contributed by atoms with van der Waals surface area (Å²) in [5.41, 5.74) is 0. The molecule has 0 radical (unpaired) electrons. The second kappa shape index (κ2) is 7.77. The second-order valence-electron chi connectivity index (χ2n) is 6.67. The predicted molar refractivity (Wildman–Crippen MR) is 93.8 cm³/mol. The standard InChI is InChI=1S/C16H26N2O3S2/c1-12(2)10-14(15-7-5-9-22-15)17-16(19)13-6-4-8-18(11-13)23(3,20)21/h5,7,9,12-14H,4,6,8,10-11H2,1-3H3,(H,17,19). The van der Waals surface area contributed by atoms with Gasteiger partial charge in [0.25, 0.3) is 0 Å². The van der Waals surface area contributed by atoms with E-state index in [1.54, 1.807) is 11.3 Å². The Morgan fingerprint density at radius 2 is 2.22 bits per heavy atom. The normalized spacial score (nSPS) is 21.3. The molecule has 23 heavy (non-hydrogen) atoms. The van der Waals surface area contributed by atoms with Crippen LogP contribution in [0.1, 0.15) is 44.0 Å². The van der Waals surface area contributed by atoms with Crippen LogP contribution in [0.2, 0.25) is 0 Å². The van der Waals surface area contributed by atoms with E-state index in [2.05, 4.69) is 19.2 Å². The molecular formula is C16H26N2O3S2. The van der Waals surface area contributed by atoms with Crippen molar-refractivity contribution in [3.63, 3.8) is 0 Å². The highest BCUT2D eigenvalue weighted by Gasteiger charge is 2.31. The first-order valence-electron chi connectivity index (χ1n) is 8.06. The molecule has 2 rings (SSSR count). The monoisotopic (exact) mass is 358 g/mol. The number of piperidine rings is 1. The smallest absolute Gasteiger partial charge is 0.224 e. The minimum absolute atomic E-state index is 0.0103. The van der Waals surface area contributed by atoms with Gasteiger partial charge in [-0.3, -0.25) is 4.79 Å². The fourth-order valence-corrected chi connectivity index (χ4v) is 4.66. The van der Waals surface area contributed by atoms with E-state index in [9.17, 15) is 13.2 Å². The van der Waals surface area contributed by atoms with Crippen LogP contribution in [0.4, 0.5) is 0 Å². The SMILES string of the molecule is CC(C)CC(NC(=O)C1CCCN(S(C)(=O)=O)C1)c1cccs1. The van der Waals surface area contributed by atoms with Gasteiger partial charge in [-0.2, -0.15) is 0 Å². The van der Waals surface area contributed by atoms with Gasteiger partial charge in [-0.1, -0.05) is 19.9 Å². The molecule has 1 aliphatic rings. The number of thiophene rings is 1. The summed E-state index contributed by atoms with van der Waals surface area (Å²) in [6.07, 6.45) is 3.57. The predicted octanol–water partition coefficient (Wildman–Crippen LogP) is 2.62. The molecule has 1 fully saturated rings. The van der Waals surface area contributed by atoms with Crippen LogP contribution in [-0.2, 0) is 14.8 Å². The molecule has 2 heterocycles. The van der Waals surface area contributed by atoms with Crippen LogP contribution in [0, 0.1) is 11.8 Å². The number of hydrogen-bond acceptors (Lipinski definition) is 4. The van der Waals surface area contributed by atoms with Gasteiger partial charge in [-0.25, -0.2) is 12.7 Å². The Hall–Kier alpha value is -0.920. The van der Waals surface area contributed by atoms with Crippen molar-refractivity contribution in [3.05, 3.63) is 22.4 Å². The second-order valence-corrected chi connectivity index (χ2v) is 9.63. The van der Waals surface area contributed by atoms with Crippen molar-refractivity contribution in [2.45, 2.75) is 39.2 Å². The molecule has 0 saturated carbocycles. The lowest BCUT2D eigenvalue weighted by Crippen LogP contribution is -2.45. The maximum Gasteiger partial charge on any atom is 0.224 e. The number of carbonyl (C=O) groups is 1. The number of hydrogen-bond donors (Lipinski definition) is 1. The number of amides is 1. The van der Waals surface area contributed by atoms with Crippen molar-refractivity contribution < 1.29 is 13.2 Å². The van der Waals surface area contributed by atoms with Crippen LogP contribution in [0.15, 0.2) is 17.5 Å². The molecule has 1 aromatic heterocycles. The molecule has 0 aliphatic carbocycles. The Labute approximate surface area is 143 Å². The molecule has 0 aromatic carbocycles. The third kappa shape index (κ3) is 5.29.